The van der Waals surface area contributed by atoms with Crippen LogP contribution < -0.4 is 5.32 Å². The third-order valence-corrected chi connectivity index (χ3v) is 1.75. The quantitative estimate of drug-likeness (QED) is 0.743. The molecule has 0 atom stereocenters. The van der Waals surface area contributed by atoms with Crippen LogP contribution in [0.3, 0.4) is 0 Å². The summed E-state index contributed by atoms with van der Waals surface area (Å²) in [5.74, 6) is 0. The highest BCUT2D eigenvalue weighted by Gasteiger charge is 1.96. The van der Waals surface area contributed by atoms with E-state index in [1.807, 2.05) is 27.3 Å². The highest BCUT2D eigenvalue weighted by Crippen LogP contribution is 2.01. The van der Waals surface area contributed by atoms with Gasteiger partial charge in [-0.1, -0.05) is 6.07 Å². The lowest BCUT2D eigenvalue weighted by atomic mass is 10.2. The zero-order chi connectivity index (χ0) is 9.68. The summed E-state index contributed by atoms with van der Waals surface area (Å²) in [6, 6.07) is 4.19. The minimum Gasteiger partial charge on any atom is -0.316 e. The Hall–Kier alpha value is -0.930. The molecule has 1 aromatic rings. The fourth-order valence-electron chi connectivity index (χ4n) is 1.18. The summed E-state index contributed by atoms with van der Waals surface area (Å²) in [7, 11) is 6.03. The Morgan fingerprint density at radius 3 is 2.62 bits per heavy atom. The van der Waals surface area contributed by atoms with Crippen molar-refractivity contribution in [3.8, 4) is 0 Å². The van der Waals surface area contributed by atoms with E-state index < -0.39 is 0 Å². The predicted octanol–water partition coefficient (Wildman–Crippen LogP) is 0.863. The van der Waals surface area contributed by atoms with Crippen LogP contribution in [0.5, 0.6) is 0 Å². The Balaban J connectivity index is 2.59. The normalized spacial score (nSPS) is 10.8. The van der Waals surface area contributed by atoms with E-state index in [4.69, 9.17) is 0 Å². The maximum absolute atomic E-state index is 4.36. The number of nitrogens with one attached hydrogen (secondary N) is 1. The van der Waals surface area contributed by atoms with Crippen LogP contribution in [0.25, 0.3) is 0 Å². The average molecular weight is 179 g/mol. The van der Waals surface area contributed by atoms with E-state index in [1.54, 1.807) is 0 Å². The SMILES string of the molecule is CNCc1ccc(CN(C)C)nc1. The number of pyridine rings is 1. The van der Waals surface area contributed by atoms with Crippen molar-refractivity contribution < 1.29 is 0 Å². The number of rotatable bonds is 4. The largest absolute Gasteiger partial charge is 0.316 e. The van der Waals surface area contributed by atoms with Crippen LogP contribution in [0.2, 0.25) is 0 Å². The van der Waals surface area contributed by atoms with Crippen molar-refractivity contribution in [2.24, 2.45) is 0 Å². The van der Waals surface area contributed by atoms with Crippen LogP contribution in [0.1, 0.15) is 11.3 Å². The van der Waals surface area contributed by atoms with Gasteiger partial charge in [0, 0.05) is 19.3 Å². The second kappa shape index (κ2) is 4.94. The first-order chi connectivity index (χ1) is 6.22. The van der Waals surface area contributed by atoms with Crippen LogP contribution in [0.15, 0.2) is 18.3 Å². The molecule has 3 nitrogen and oxygen atoms in total. The van der Waals surface area contributed by atoms with Gasteiger partial charge in [0.2, 0.25) is 0 Å². The van der Waals surface area contributed by atoms with E-state index in [0.717, 1.165) is 18.8 Å². The molecule has 1 N–H and O–H groups in total. The zero-order valence-electron chi connectivity index (χ0n) is 8.54. The fraction of sp³-hybridized carbons (Fsp3) is 0.500. The lowest BCUT2D eigenvalue weighted by molar-refractivity contribution is 0.397. The molecule has 0 saturated heterocycles. The van der Waals surface area contributed by atoms with E-state index in [9.17, 15) is 0 Å². The maximum atomic E-state index is 4.36. The molecule has 0 bridgehead atoms. The summed E-state index contributed by atoms with van der Waals surface area (Å²) in [6.07, 6.45) is 1.93. The summed E-state index contributed by atoms with van der Waals surface area (Å²) in [5.41, 5.74) is 2.34. The van der Waals surface area contributed by atoms with Crippen molar-refractivity contribution in [2.45, 2.75) is 13.1 Å². The van der Waals surface area contributed by atoms with Crippen LogP contribution in [-0.2, 0) is 13.1 Å². The molecule has 3 heteroatoms. The molecule has 0 aliphatic rings. The summed E-state index contributed by atoms with van der Waals surface area (Å²) in [6.45, 7) is 1.79. The van der Waals surface area contributed by atoms with Gasteiger partial charge in [-0.15, -0.1) is 0 Å². The fourth-order valence-corrected chi connectivity index (χ4v) is 1.18. The topological polar surface area (TPSA) is 28.2 Å². The highest BCUT2D eigenvalue weighted by molar-refractivity contribution is 5.13. The molecule has 13 heavy (non-hydrogen) atoms. The van der Waals surface area contributed by atoms with Gasteiger partial charge in [-0.25, -0.2) is 0 Å². The van der Waals surface area contributed by atoms with Gasteiger partial charge in [0.25, 0.3) is 0 Å². The van der Waals surface area contributed by atoms with Crippen molar-refractivity contribution in [3.63, 3.8) is 0 Å². The summed E-state index contributed by atoms with van der Waals surface area (Å²) in [4.78, 5) is 6.47. The van der Waals surface area contributed by atoms with E-state index >= 15 is 0 Å². The molecule has 0 fully saturated rings. The monoisotopic (exact) mass is 179 g/mol. The van der Waals surface area contributed by atoms with Gasteiger partial charge in [-0.3, -0.25) is 4.98 Å². The molecule has 0 aliphatic carbocycles. The molecule has 0 aromatic carbocycles. The molecule has 0 amide bonds. The molecule has 0 spiro atoms. The van der Waals surface area contributed by atoms with Crippen LogP contribution >= 0.6 is 0 Å². The number of hydrogen-bond donors (Lipinski definition) is 1. The lowest BCUT2D eigenvalue weighted by Crippen LogP contribution is -2.12. The van der Waals surface area contributed by atoms with Gasteiger partial charge in [-0.05, 0) is 32.8 Å². The van der Waals surface area contributed by atoms with Crippen LogP contribution in [-0.4, -0.2) is 31.0 Å². The van der Waals surface area contributed by atoms with Crippen molar-refractivity contribution in [3.05, 3.63) is 29.6 Å². The molecular formula is C10H17N3. The van der Waals surface area contributed by atoms with Crippen molar-refractivity contribution in [2.75, 3.05) is 21.1 Å². The Morgan fingerprint density at radius 1 is 1.38 bits per heavy atom. The third kappa shape index (κ3) is 3.53. The van der Waals surface area contributed by atoms with Gasteiger partial charge in [0.15, 0.2) is 0 Å². The molecular weight excluding hydrogens is 162 g/mol. The third-order valence-electron chi connectivity index (χ3n) is 1.75. The van der Waals surface area contributed by atoms with E-state index in [-0.39, 0.29) is 0 Å². The maximum Gasteiger partial charge on any atom is 0.0543 e. The van der Waals surface area contributed by atoms with Gasteiger partial charge in [-0.2, -0.15) is 0 Å². The minimum absolute atomic E-state index is 0.884. The van der Waals surface area contributed by atoms with Crippen molar-refractivity contribution in [1.29, 1.82) is 0 Å². The molecule has 0 unspecified atom stereocenters. The first kappa shape index (κ1) is 10.2. The van der Waals surface area contributed by atoms with Crippen LogP contribution in [0, 0.1) is 0 Å². The summed E-state index contributed by atoms with van der Waals surface area (Å²) >= 11 is 0. The minimum atomic E-state index is 0.884. The van der Waals surface area contributed by atoms with Gasteiger partial charge in [0.05, 0.1) is 5.69 Å². The number of aromatic nitrogens is 1. The van der Waals surface area contributed by atoms with E-state index in [1.165, 1.54) is 5.56 Å². The second-order valence-electron chi connectivity index (χ2n) is 3.43. The first-order valence-electron chi connectivity index (χ1n) is 4.45. The highest BCUT2D eigenvalue weighted by atomic mass is 15.1. The molecule has 1 heterocycles. The van der Waals surface area contributed by atoms with Gasteiger partial charge in [0.1, 0.15) is 0 Å². The van der Waals surface area contributed by atoms with Crippen LogP contribution in [0.4, 0.5) is 0 Å². The predicted molar refractivity (Wildman–Crippen MR) is 54.4 cm³/mol. The smallest absolute Gasteiger partial charge is 0.0543 e. The van der Waals surface area contributed by atoms with Crippen molar-refractivity contribution >= 4 is 0 Å². The Morgan fingerprint density at radius 2 is 2.15 bits per heavy atom. The summed E-state index contributed by atoms with van der Waals surface area (Å²) < 4.78 is 0. The van der Waals surface area contributed by atoms with Crippen molar-refractivity contribution in [1.82, 2.24) is 15.2 Å². The average Bonchev–Trinajstić information content (AvgIpc) is 2.08. The Kier molecular flexibility index (Phi) is 3.86. The lowest BCUT2D eigenvalue weighted by Gasteiger charge is -2.08. The number of hydrogen-bond acceptors (Lipinski definition) is 3. The second-order valence-corrected chi connectivity index (χ2v) is 3.43. The number of nitrogens with zero attached hydrogens (tertiary/aromatic N) is 2. The molecule has 1 aromatic heterocycles. The molecule has 0 saturated carbocycles. The van der Waals surface area contributed by atoms with Gasteiger partial charge >= 0.3 is 0 Å². The molecule has 0 aliphatic heterocycles. The molecule has 1 rings (SSSR count). The van der Waals surface area contributed by atoms with Gasteiger partial charge < -0.3 is 10.2 Å². The Labute approximate surface area is 79.8 Å². The van der Waals surface area contributed by atoms with E-state index in [0.29, 0.717) is 0 Å². The Bertz CT molecular complexity index is 241. The summed E-state index contributed by atoms with van der Waals surface area (Å²) in [5, 5.41) is 3.09. The zero-order valence-corrected chi connectivity index (χ0v) is 8.54. The standard InChI is InChI=1S/C10H17N3/c1-11-6-9-4-5-10(12-7-9)8-13(2)3/h4-5,7,11H,6,8H2,1-3H3. The van der Waals surface area contributed by atoms with E-state index in [2.05, 4.69) is 27.3 Å². The molecule has 0 radical (unpaired) electrons. The molecule has 72 valence electrons. The first-order valence-corrected chi connectivity index (χ1v) is 4.45.